The lowest BCUT2D eigenvalue weighted by atomic mass is 10.1. The molecule has 1 amide bonds. The Labute approximate surface area is 124 Å². The number of aryl methyl sites for hydroxylation is 1. The Morgan fingerprint density at radius 3 is 2.67 bits per heavy atom. The molecule has 112 valence electrons. The maximum atomic E-state index is 11.4. The molecule has 0 spiro atoms. The summed E-state index contributed by atoms with van der Waals surface area (Å²) in [6.07, 6.45) is 0. The fraction of sp³-hybridized carbons (Fsp3) is 0.375. The van der Waals surface area contributed by atoms with Crippen LogP contribution in [0.5, 0.6) is 0 Å². The SMILES string of the molecule is Cc1cc(N(CC(N)=O)CC(C)C)c2cc(N)ccc2n1. The van der Waals surface area contributed by atoms with Crippen LogP contribution in [-0.2, 0) is 4.79 Å². The van der Waals surface area contributed by atoms with Crippen molar-refractivity contribution in [2.24, 2.45) is 11.7 Å². The minimum Gasteiger partial charge on any atom is -0.399 e. The minimum atomic E-state index is -0.345. The summed E-state index contributed by atoms with van der Waals surface area (Å²) in [5.74, 6) is 0.0658. The maximum absolute atomic E-state index is 11.4. The summed E-state index contributed by atoms with van der Waals surface area (Å²) < 4.78 is 0. The quantitative estimate of drug-likeness (QED) is 0.824. The fourth-order valence-corrected chi connectivity index (χ4v) is 2.49. The molecule has 0 saturated heterocycles. The van der Waals surface area contributed by atoms with Gasteiger partial charge in [-0.2, -0.15) is 0 Å². The lowest BCUT2D eigenvalue weighted by Crippen LogP contribution is -2.36. The van der Waals surface area contributed by atoms with Gasteiger partial charge in [0.2, 0.25) is 5.91 Å². The number of pyridine rings is 1. The Morgan fingerprint density at radius 2 is 2.05 bits per heavy atom. The summed E-state index contributed by atoms with van der Waals surface area (Å²) in [7, 11) is 0. The number of fused-ring (bicyclic) bond motifs is 1. The lowest BCUT2D eigenvalue weighted by molar-refractivity contribution is -0.116. The summed E-state index contributed by atoms with van der Waals surface area (Å²) in [6.45, 7) is 7.09. The van der Waals surface area contributed by atoms with Crippen LogP contribution in [0, 0.1) is 12.8 Å². The van der Waals surface area contributed by atoms with Crippen molar-refractivity contribution in [3.8, 4) is 0 Å². The van der Waals surface area contributed by atoms with Crippen LogP contribution >= 0.6 is 0 Å². The topological polar surface area (TPSA) is 85.2 Å². The number of carbonyl (C=O) groups is 1. The van der Waals surface area contributed by atoms with Gasteiger partial charge >= 0.3 is 0 Å². The van der Waals surface area contributed by atoms with Crippen molar-refractivity contribution in [3.63, 3.8) is 0 Å². The van der Waals surface area contributed by atoms with Crippen LogP contribution in [0.3, 0.4) is 0 Å². The second kappa shape index (κ2) is 5.99. The molecular weight excluding hydrogens is 264 g/mol. The first kappa shape index (κ1) is 15.1. The predicted octanol–water partition coefficient (Wildman–Crippen LogP) is 2.07. The largest absolute Gasteiger partial charge is 0.399 e. The van der Waals surface area contributed by atoms with Gasteiger partial charge < -0.3 is 16.4 Å². The number of carbonyl (C=O) groups excluding carboxylic acids is 1. The molecule has 1 aromatic heterocycles. The highest BCUT2D eigenvalue weighted by Gasteiger charge is 2.15. The second-order valence-electron chi connectivity index (χ2n) is 5.80. The van der Waals surface area contributed by atoms with Gasteiger partial charge in [0, 0.05) is 29.0 Å². The summed E-state index contributed by atoms with van der Waals surface area (Å²) in [5.41, 5.74) is 14.7. The first-order valence-electron chi connectivity index (χ1n) is 7.07. The lowest BCUT2D eigenvalue weighted by Gasteiger charge is -2.27. The Hall–Kier alpha value is -2.30. The molecule has 5 nitrogen and oxygen atoms in total. The van der Waals surface area contributed by atoms with E-state index in [1.165, 1.54) is 0 Å². The van der Waals surface area contributed by atoms with Gasteiger partial charge in [-0.05, 0) is 37.1 Å². The molecule has 1 heterocycles. The summed E-state index contributed by atoms with van der Waals surface area (Å²) >= 11 is 0. The molecule has 0 aliphatic rings. The maximum Gasteiger partial charge on any atom is 0.236 e. The van der Waals surface area contributed by atoms with Crippen molar-refractivity contribution in [1.82, 2.24) is 4.98 Å². The van der Waals surface area contributed by atoms with Gasteiger partial charge in [0.25, 0.3) is 0 Å². The number of nitrogen functional groups attached to an aromatic ring is 1. The number of primary amides is 1. The number of amides is 1. The molecule has 0 aliphatic heterocycles. The summed E-state index contributed by atoms with van der Waals surface area (Å²) in [4.78, 5) is 17.9. The molecule has 4 N–H and O–H groups in total. The molecule has 0 fully saturated rings. The van der Waals surface area contributed by atoms with Gasteiger partial charge in [-0.25, -0.2) is 0 Å². The molecule has 0 saturated carbocycles. The Morgan fingerprint density at radius 1 is 1.33 bits per heavy atom. The van der Waals surface area contributed by atoms with Crippen molar-refractivity contribution >= 4 is 28.2 Å². The van der Waals surface area contributed by atoms with Gasteiger partial charge in [0.05, 0.1) is 12.1 Å². The van der Waals surface area contributed by atoms with Crippen LogP contribution in [-0.4, -0.2) is 24.0 Å². The van der Waals surface area contributed by atoms with E-state index in [1.807, 2.05) is 36.1 Å². The molecule has 0 radical (unpaired) electrons. The third-order valence-corrected chi connectivity index (χ3v) is 3.21. The van der Waals surface area contributed by atoms with Crippen LogP contribution in [0.1, 0.15) is 19.5 Å². The summed E-state index contributed by atoms with van der Waals surface area (Å²) in [6, 6.07) is 7.61. The predicted molar refractivity (Wildman–Crippen MR) is 87.1 cm³/mol. The number of hydrogen-bond donors (Lipinski definition) is 2. The number of rotatable bonds is 5. The molecule has 5 heteroatoms. The molecule has 0 atom stereocenters. The van der Waals surface area contributed by atoms with Crippen molar-refractivity contribution in [1.29, 1.82) is 0 Å². The minimum absolute atomic E-state index is 0.186. The van der Waals surface area contributed by atoms with Crippen molar-refractivity contribution in [3.05, 3.63) is 30.0 Å². The van der Waals surface area contributed by atoms with E-state index in [2.05, 4.69) is 18.8 Å². The van der Waals surface area contributed by atoms with Gasteiger partial charge in [0.1, 0.15) is 0 Å². The van der Waals surface area contributed by atoms with Crippen LogP contribution < -0.4 is 16.4 Å². The number of aromatic nitrogens is 1. The zero-order valence-electron chi connectivity index (χ0n) is 12.8. The first-order chi connectivity index (χ1) is 9.86. The Kier molecular flexibility index (Phi) is 4.31. The van der Waals surface area contributed by atoms with Crippen molar-refractivity contribution in [2.45, 2.75) is 20.8 Å². The fourth-order valence-electron chi connectivity index (χ4n) is 2.49. The Balaban J connectivity index is 2.59. The van der Waals surface area contributed by atoms with E-state index < -0.39 is 0 Å². The Bertz CT molecular complexity index is 667. The zero-order chi connectivity index (χ0) is 15.6. The van der Waals surface area contributed by atoms with Gasteiger partial charge in [-0.15, -0.1) is 0 Å². The van der Waals surface area contributed by atoms with Gasteiger partial charge in [-0.1, -0.05) is 13.8 Å². The van der Waals surface area contributed by atoms with Crippen LogP contribution in [0.25, 0.3) is 10.9 Å². The first-order valence-corrected chi connectivity index (χ1v) is 7.07. The molecule has 21 heavy (non-hydrogen) atoms. The van der Waals surface area contributed by atoms with Crippen LogP contribution in [0.2, 0.25) is 0 Å². The van der Waals surface area contributed by atoms with E-state index in [0.29, 0.717) is 11.6 Å². The molecule has 2 aromatic rings. The number of anilines is 2. The normalized spacial score (nSPS) is 11.0. The molecule has 2 rings (SSSR count). The average molecular weight is 286 g/mol. The van der Waals surface area contributed by atoms with Crippen molar-refractivity contribution in [2.75, 3.05) is 23.7 Å². The van der Waals surface area contributed by atoms with Crippen LogP contribution in [0.15, 0.2) is 24.3 Å². The third-order valence-electron chi connectivity index (χ3n) is 3.21. The van der Waals surface area contributed by atoms with Crippen molar-refractivity contribution < 1.29 is 4.79 Å². The molecule has 1 aromatic carbocycles. The van der Waals surface area contributed by atoms with E-state index in [1.54, 1.807) is 0 Å². The van der Waals surface area contributed by atoms with E-state index in [0.717, 1.165) is 28.8 Å². The van der Waals surface area contributed by atoms with E-state index in [4.69, 9.17) is 11.5 Å². The number of hydrogen-bond acceptors (Lipinski definition) is 4. The number of nitrogens with zero attached hydrogens (tertiary/aromatic N) is 2. The number of nitrogens with two attached hydrogens (primary N) is 2. The molecule has 0 unspecified atom stereocenters. The zero-order valence-corrected chi connectivity index (χ0v) is 12.8. The highest BCUT2D eigenvalue weighted by molar-refractivity contribution is 5.95. The van der Waals surface area contributed by atoms with E-state index in [9.17, 15) is 4.79 Å². The van der Waals surface area contributed by atoms with E-state index in [-0.39, 0.29) is 12.5 Å². The summed E-state index contributed by atoms with van der Waals surface area (Å²) in [5, 5.41) is 0.947. The van der Waals surface area contributed by atoms with Gasteiger partial charge in [0.15, 0.2) is 0 Å². The third kappa shape index (κ3) is 3.62. The monoisotopic (exact) mass is 286 g/mol. The average Bonchev–Trinajstić information content (AvgIpc) is 2.36. The highest BCUT2D eigenvalue weighted by Crippen LogP contribution is 2.29. The second-order valence-corrected chi connectivity index (χ2v) is 5.80. The van der Waals surface area contributed by atoms with Crippen LogP contribution in [0.4, 0.5) is 11.4 Å². The van der Waals surface area contributed by atoms with Gasteiger partial charge in [-0.3, -0.25) is 9.78 Å². The molecule has 0 bridgehead atoms. The highest BCUT2D eigenvalue weighted by atomic mass is 16.1. The standard InChI is InChI=1S/C16H22N4O/c1-10(2)8-20(9-16(18)21)15-6-11(3)19-14-5-4-12(17)7-13(14)15/h4-7,10H,8-9,17H2,1-3H3,(H2,18,21). The van der Waals surface area contributed by atoms with E-state index >= 15 is 0 Å². The molecular formula is C16H22N4O. The smallest absolute Gasteiger partial charge is 0.236 e. The number of benzene rings is 1. The molecule has 0 aliphatic carbocycles.